The number of halogens is 6. The number of benzene rings is 2. The van der Waals surface area contributed by atoms with Gasteiger partial charge in [-0.2, -0.15) is 13.2 Å². The van der Waals surface area contributed by atoms with Gasteiger partial charge in [0.15, 0.2) is 0 Å². The molecule has 13 heteroatoms. The maximum absolute atomic E-state index is 13.2. The Bertz CT molecular complexity index is 1410. The third-order valence-electron chi connectivity index (χ3n) is 5.66. The minimum absolute atomic E-state index is 0.0261. The number of ether oxygens (including phenoxy) is 4. The van der Waals surface area contributed by atoms with Crippen molar-refractivity contribution in [3.63, 3.8) is 0 Å². The molecule has 0 saturated heterocycles. The Labute approximate surface area is 224 Å². The van der Waals surface area contributed by atoms with Crippen LogP contribution in [0.15, 0.2) is 51.7 Å². The molecular weight excluding hydrogens is 550 g/mol. The molecule has 1 atom stereocenters. The number of hydrogen-bond acceptors (Lipinski definition) is 7. The largest absolute Gasteiger partial charge is 0.573 e. The van der Waals surface area contributed by atoms with Gasteiger partial charge in [0.2, 0.25) is 0 Å². The van der Waals surface area contributed by atoms with E-state index in [0.717, 1.165) is 6.07 Å². The van der Waals surface area contributed by atoms with E-state index in [1.165, 1.54) is 50.4 Å². The van der Waals surface area contributed by atoms with Crippen molar-refractivity contribution in [2.45, 2.75) is 39.7 Å². The molecule has 0 aliphatic rings. The highest BCUT2D eigenvalue weighted by atomic mass is 19.4. The van der Waals surface area contributed by atoms with Gasteiger partial charge in [-0.05, 0) is 30.3 Å². The molecule has 3 aromatic rings. The normalized spacial score (nSPS) is 13.7. The van der Waals surface area contributed by atoms with Gasteiger partial charge in [0.1, 0.15) is 29.4 Å². The zero-order valence-electron chi connectivity index (χ0n) is 21.9. The van der Waals surface area contributed by atoms with Crippen LogP contribution in [-0.2, 0) is 9.53 Å². The summed E-state index contributed by atoms with van der Waals surface area (Å²) in [4.78, 5) is 24.5. The molecule has 1 heterocycles. The van der Waals surface area contributed by atoms with Crippen molar-refractivity contribution in [2.75, 3.05) is 20.3 Å². The van der Waals surface area contributed by atoms with Gasteiger partial charge in [-0.15, -0.1) is 13.2 Å². The molecular formula is C27H26F6O7. The summed E-state index contributed by atoms with van der Waals surface area (Å²) in [5.74, 6) is -1.75. The fraction of sp³-hybridized carbons (Fsp3) is 0.407. The third kappa shape index (κ3) is 8.30. The molecule has 0 radical (unpaired) electrons. The van der Waals surface area contributed by atoms with Crippen LogP contribution in [0.1, 0.15) is 27.2 Å². The second-order valence-corrected chi connectivity index (χ2v) is 9.71. The van der Waals surface area contributed by atoms with E-state index < -0.39 is 60.9 Å². The molecule has 40 heavy (non-hydrogen) atoms. The Kier molecular flexibility index (Phi) is 8.95. The molecule has 0 amide bonds. The molecule has 7 nitrogen and oxygen atoms in total. The van der Waals surface area contributed by atoms with Crippen LogP contribution in [0.2, 0.25) is 0 Å². The minimum atomic E-state index is -5.04. The lowest BCUT2D eigenvalue weighted by molar-refractivity contribution is -0.274. The van der Waals surface area contributed by atoms with Crippen molar-refractivity contribution in [3.8, 4) is 28.4 Å². The number of fused-ring (bicyclic) bond motifs is 1. The summed E-state index contributed by atoms with van der Waals surface area (Å²) in [6.45, 7) is 3.33. The fourth-order valence-electron chi connectivity index (χ4n) is 3.73. The highest BCUT2D eigenvalue weighted by molar-refractivity contribution is 5.84. The van der Waals surface area contributed by atoms with Gasteiger partial charge in [-0.1, -0.05) is 20.8 Å². The molecule has 0 aliphatic carbocycles. The number of esters is 1. The van der Waals surface area contributed by atoms with Crippen LogP contribution in [0.5, 0.6) is 17.2 Å². The highest BCUT2D eigenvalue weighted by Gasteiger charge is 2.41. The van der Waals surface area contributed by atoms with Gasteiger partial charge in [-0.3, -0.25) is 4.79 Å². The van der Waals surface area contributed by atoms with Crippen molar-refractivity contribution in [1.82, 2.24) is 0 Å². The van der Waals surface area contributed by atoms with Crippen LogP contribution in [0, 0.1) is 11.3 Å². The predicted molar refractivity (Wildman–Crippen MR) is 131 cm³/mol. The van der Waals surface area contributed by atoms with Crippen LogP contribution < -0.4 is 19.8 Å². The van der Waals surface area contributed by atoms with Crippen molar-refractivity contribution in [2.24, 2.45) is 11.3 Å². The molecule has 1 aromatic heterocycles. The first kappa shape index (κ1) is 30.6. The van der Waals surface area contributed by atoms with Crippen LogP contribution in [0.25, 0.3) is 22.1 Å². The number of hydrogen-bond donors (Lipinski definition) is 0. The van der Waals surface area contributed by atoms with Crippen molar-refractivity contribution in [3.05, 3.63) is 52.9 Å². The zero-order chi connectivity index (χ0) is 29.9. The smallest absolute Gasteiger partial charge is 0.497 e. The summed E-state index contributed by atoms with van der Waals surface area (Å²) in [5, 5.41) is 0.291. The summed E-state index contributed by atoms with van der Waals surface area (Å²) in [7, 11) is 1.25. The summed E-state index contributed by atoms with van der Waals surface area (Å²) in [6.07, 6.45) is -10.9. The van der Waals surface area contributed by atoms with Crippen LogP contribution in [0.4, 0.5) is 26.3 Å². The Morgan fingerprint density at radius 2 is 1.60 bits per heavy atom. The molecule has 0 N–H and O–H groups in total. The van der Waals surface area contributed by atoms with Crippen LogP contribution >= 0.6 is 0 Å². The number of rotatable bonds is 10. The van der Waals surface area contributed by atoms with Crippen molar-refractivity contribution in [1.29, 1.82) is 0 Å². The summed E-state index contributed by atoms with van der Waals surface area (Å²) < 4.78 is 104. The lowest BCUT2D eigenvalue weighted by atomic mass is 9.88. The quantitative estimate of drug-likeness (QED) is 0.147. The van der Waals surface area contributed by atoms with E-state index in [1.54, 1.807) is 13.8 Å². The lowest BCUT2D eigenvalue weighted by Gasteiger charge is -2.30. The molecule has 0 saturated carbocycles. The van der Waals surface area contributed by atoms with Crippen LogP contribution in [0.3, 0.4) is 0 Å². The van der Waals surface area contributed by atoms with Gasteiger partial charge in [0.05, 0.1) is 31.6 Å². The first-order chi connectivity index (χ1) is 18.5. The number of carbonyl (C=O) groups excluding carboxylic acids is 1. The summed E-state index contributed by atoms with van der Waals surface area (Å²) in [5.41, 5.74) is -3.07. The number of alkyl halides is 6. The van der Waals surface area contributed by atoms with Gasteiger partial charge in [0, 0.05) is 28.5 Å². The van der Waals surface area contributed by atoms with Gasteiger partial charge >= 0.3 is 24.1 Å². The Balaban J connectivity index is 1.89. The first-order valence-electron chi connectivity index (χ1n) is 11.9. The molecule has 0 bridgehead atoms. The van der Waals surface area contributed by atoms with E-state index >= 15 is 0 Å². The summed E-state index contributed by atoms with van der Waals surface area (Å²) in [6, 6.07) is 8.88. The van der Waals surface area contributed by atoms with E-state index in [2.05, 4.69) is 4.74 Å². The average Bonchev–Trinajstić information content (AvgIpc) is 2.83. The SMILES string of the molecule is COc1ccc(-c2cc3ccc(OCC(C)(COC(=O)C(C)C)CC(F)(F)F)cc3oc2=O)c(OC(F)(F)F)c1. The maximum atomic E-state index is 13.2. The highest BCUT2D eigenvalue weighted by Crippen LogP contribution is 2.37. The van der Waals surface area contributed by atoms with Crippen LogP contribution in [-0.4, -0.2) is 38.8 Å². The van der Waals surface area contributed by atoms with Gasteiger partial charge < -0.3 is 23.4 Å². The van der Waals surface area contributed by atoms with Crippen molar-refractivity contribution < 1.29 is 54.5 Å². The minimum Gasteiger partial charge on any atom is -0.497 e. The second-order valence-electron chi connectivity index (χ2n) is 9.71. The average molecular weight is 576 g/mol. The lowest BCUT2D eigenvalue weighted by Crippen LogP contribution is -2.36. The van der Waals surface area contributed by atoms with E-state index in [9.17, 15) is 35.9 Å². The molecule has 0 fully saturated rings. The standard InChI is InChI=1S/C27H26F6O7/c1-15(2)23(34)38-14-25(3,12-26(28,29)30)13-37-18-6-5-16-9-20(24(35)39-21(16)11-18)19-8-7-17(36-4)10-22(19)40-27(31,32)33/h5-11,15H,12-14H2,1-4H3. The summed E-state index contributed by atoms with van der Waals surface area (Å²) >= 11 is 0. The van der Waals surface area contributed by atoms with Gasteiger partial charge in [-0.25, -0.2) is 4.79 Å². The Morgan fingerprint density at radius 1 is 0.925 bits per heavy atom. The van der Waals surface area contributed by atoms with E-state index in [4.69, 9.17) is 18.6 Å². The fourth-order valence-corrected chi connectivity index (χ4v) is 3.73. The van der Waals surface area contributed by atoms with Gasteiger partial charge in [0.25, 0.3) is 0 Å². The van der Waals surface area contributed by atoms with E-state index in [0.29, 0.717) is 5.39 Å². The zero-order valence-corrected chi connectivity index (χ0v) is 21.9. The topological polar surface area (TPSA) is 84.2 Å². The molecule has 0 aliphatic heterocycles. The predicted octanol–water partition coefficient (Wildman–Crippen LogP) is 6.90. The molecule has 0 spiro atoms. The Hall–Kier alpha value is -3.90. The van der Waals surface area contributed by atoms with E-state index in [1.807, 2.05) is 0 Å². The number of methoxy groups -OCH3 is 1. The van der Waals surface area contributed by atoms with Crippen molar-refractivity contribution >= 4 is 16.9 Å². The second kappa shape index (κ2) is 11.7. The monoisotopic (exact) mass is 576 g/mol. The molecule has 3 rings (SSSR count). The maximum Gasteiger partial charge on any atom is 0.573 e. The molecule has 1 unspecified atom stereocenters. The number of carbonyl (C=O) groups is 1. The molecule has 2 aromatic carbocycles. The third-order valence-corrected chi connectivity index (χ3v) is 5.66. The molecule has 218 valence electrons. The first-order valence-corrected chi connectivity index (χ1v) is 11.9. The Morgan fingerprint density at radius 3 is 2.20 bits per heavy atom. The van der Waals surface area contributed by atoms with E-state index in [-0.39, 0.29) is 28.2 Å².